The van der Waals surface area contributed by atoms with Crippen molar-refractivity contribution in [1.29, 1.82) is 0 Å². The lowest BCUT2D eigenvalue weighted by molar-refractivity contribution is 0.183. The Morgan fingerprint density at radius 2 is 1.90 bits per heavy atom. The van der Waals surface area contributed by atoms with E-state index in [2.05, 4.69) is 37.8 Å². The molecule has 0 spiro atoms. The van der Waals surface area contributed by atoms with Gasteiger partial charge in [-0.05, 0) is 71.2 Å². The molecule has 2 saturated carbocycles. The lowest BCUT2D eigenvalue weighted by Crippen LogP contribution is -2.28. The molecule has 0 radical (unpaired) electrons. The van der Waals surface area contributed by atoms with Crippen LogP contribution in [0.3, 0.4) is 0 Å². The molecule has 2 aliphatic rings. The van der Waals surface area contributed by atoms with Gasteiger partial charge in [0.1, 0.15) is 11.5 Å². The van der Waals surface area contributed by atoms with Gasteiger partial charge in [-0.3, -0.25) is 4.98 Å². The number of fused-ring (bicyclic) bond motifs is 3. The van der Waals surface area contributed by atoms with Gasteiger partial charge >= 0.3 is 5.63 Å². The van der Waals surface area contributed by atoms with E-state index in [0.717, 1.165) is 40.5 Å². The zero-order valence-corrected chi connectivity index (χ0v) is 17.4. The molecule has 3 aromatic rings. The molecule has 2 unspecified atom stereocenters. The van der Waals surface area contributed by atoms with E-state index in [1.165, 1.54) is 0 Å². The fourth-order valence-electron chi connectivity index (χ4n) is 5.47. The second-order valence-corrected chi connectivity index (χ2v) is 9.20. The van der Waals surface area contributed by atoms with E-state index < -0.39 is 0 Å². The molecule has 0 amide bonds. The van der Waals surface area contributed by atoms with Crippen molar-refractivity contribution in [3.8, 4) is 11.1 Å². The second-order valence-electron chi connectivity index (χ2n) is 9.20. The average Bonchev–Trinajstić information content (AvgIpc) is 3.06. The van der Waals surface area contributed by atoms with Crippen LogP contribution in [-0.4, -0.2) is 10.9 Å². The van der Waals surface area contributed by atoms with Crippen molar-refractivity contribution in [2.75, 3.05) is 0 Å². The minimum atomic E-state index is -0.367. The van der Waals surface area contributed by atoms with Crippen LogP contribution in [0.2, 0.25) is 0 Å². The molecule has 4 heteroatoms. The normalized spacial score (nSPS) is 25.8. The maximum atomic E-state index is 12.4. The van der Waals surface area contributed by atoms with Gasteiger partial charge in [-0.25, -0.2) is 9.59 Å². The molecule has 2 atom stereocenters. The number of allylic oxidation sites excluding steroid dienone is 2. The van der Waals surface area contributed by atoms with Crippen molar-refractivity contribution < 1.29 is 9.21 Å². The third-order valence-electron chi connectivity index (χ3n) is 7.61. The van der Waals surface area contributed by atoms with E-state index in [4.69, 9.17) is 4.42 Å². The van der Waals surface area contributed by atoms with E-state index in [9.17, 15) is 9.59 Å². The highest BCUT2D eigenvalue weighted by molar-refractivity contribution is 5.85. The molecular weight excluding hydrogens is 374 g/mol. The minimum Gasteiger partial charge on any atom is -0.422 e. The minimum absolute atomic E-state index is 0.0454. The van der Waals surface area contributed by atoms with Crippen molar-refractivity contribution in [2.45, 2.75) is 33.6 Å². The zero-order valence-electron chi connectivity index (χ0n) is 17.4. The zero-order chi connectivity index (χ0) is 21.1. The summed E-state index contributed by atoms with van der Waals surface area (Å²) in [5.41, 5.74) is 4.31. The molecule has 5 rings (SSSR count). The fourth-order valence-corrected chi connectivity index (χ4v) is 5.47. The number of carbonyl (C=O) groups excluding carboxylic acids is 1. The molecule has 2 aliphatic carbocycles. The monoisotopic (exact) mass is 397 g/mol. The van der Waals surface area contributed by atoms with Crippen LogP contribution in [0.1, 0.15) is 39.2 Å². The topological polar surface area (TPSA) is 60.2 Å². The van der Waals surface area contributed by atoms with Crippen LogP contribution in [0.15, 0.2) is 69.1 Å². The van der Waals surface area contributed by atoms with Crippen LogP contribution in [0, 0.1) is 16.7 Å². The summed E-state index contributed by atoms with van der Waals surface area (Å²) in [6, 6.07) is 11.2. The predicted molar refractivity (Wildman–Crippen MR) is 118 cm³/mol. The predicted octanol–water partition coefficient (Wildman–Crippen LogP) is 5.45. The summed E-state index contributed by atoms with van der Waals surface area (Å²) in [6.07, 6.45) is 7.56. The van der Waals surface area contributed by atoms with Gasteiger partial charge in [0.2, 0.25) is 0 Å². The fraction of sp³-hybridized carbons (Fsp3) is 0.308. The second kappa shape index (κ2) is 6.38. The van der Waals surface area contributed by atoms with Crippen molar-refractivity contribution in [3.63, 3.8) is 0 Å². The molecule has 0 N–H and O–H groups in total. The number of hydrogen-bond donors (Lipinski definition) is 0. The third kappa shape index (κ3) is 2.50. The van der Waals surface area contributed by atoms with Crippen molar-refractivity contribution in [1.82, 2.24) is 4.98 Å². The molecule has 0 aliphatic heterocycles. The summed E-state index contributed by atoms with van der Waals surface area (Å²) in [7, 11) is 0. The third-order valence-corrected chi connectivity index (χ3v) is 7.61. The van der Waals surface area contributed by atoms with E-state index in [1.54, 1.807) is 24.5 Å². The summed E-state index contributed by atoms with van der Waals surface area (Å²) in [5, 5.41) is 0.848. The lowest BCUT2D eigenvalue weighted by atomic mass is 9.69. The van der Waals surface area contributed by atoms with Crippen molar-refractivity contribution >= 4 is 23.0 Å². The maximum Gasteiger partial charge on any atom is 0.344 e. The highest BCUT2D eigenvalue weighted by Gasteiger charge is 2.62. The quantitative estimate of drug-likeness (QED) is 0.426. The Morgan fingerprint density at radius 1 is 1.13 bits per heavy atom. The highest BCUT2D eigenvalue weighted by Crippen LogP contribution is 2.69. The van der Waals surface area contributed by atoms with Gasteiger partial charge < -0.3 is 4.42 Å². The molecule has 2 bridgehead atoms. The maximum absolute atomic E-state index is 12.4. The van der Waals surface area contributed by atoms with Crippen LogP contribution in [0.5, 0.6) is 0 Å². The largest absolute Gasteiger partial charge is 0.422 e. The number of benzene rings is 1. The molecule has 4 nitrogen and oxygen atoms in total. The first-order valence-corrected chi connectivity index (χ1v) is 10.3. The molecule has 2 aromatic heterocycles. The van der Waals surface area contributed by atoms with E-state index >= 15 is 0 Å². The SMILES string of the molecule is CC12CCC(C(=Cc3ccc4oc(=O)c(-c5ccncc5)cc4c3)C1=C=O)C2(C)C. The van der Waals surface area contributed by atoms with Gasteiger partial charge in [0, 0.05) is 28.8 Å². The molecule has 0 saturated heterocycles. The Balaban J connectivity index is 1.63. The van der Waals surface area contributed by atoms with Crippen LogP contribution >= 0.6 is 0 Å². The Bertz CT molecular complexity index is 1310. The lowest BCUT2D eigenvalue weighted by Gasteiger charge is -2.33. The van der Waals surface area contributed by atoms with Crippen LogP contribution in [0.25, 0.3) is 28.2 Å². The molecular formula is C26H23NO3. The van der Waals surface area contributed by atoms with E-state index in [0.29, 0.717) is 17.1 Å². The van der Waals surface area contributed by atoms with Crippen LogP contribution < -0.4 is 5.63 Å². The number of pyridine rings is 1. The molecule has 150 valence electrons. The summed E-state index contributed by atoms with van der Waals surface area (Å²) in [5.74, 6) is 2.63. The first kappa shape index (κ1) is 18.8. The first-order valence-electron chi connectivity index (χ1n) is 10.3. The number of rotatable bonds is 2. The number of aromatic nitrogens is 1. The van der Waals surface area contributed by atoms with Gasteiger partial charge in [0.05, 0.1) is 5.56 Å². The van der Waals surface area contributed by atoms with Crippen molar-refractivity contribution in [3.05, 3.63) is 75.9 Å². The standard InChI is InChI=1S/C26H23NO3/c1-25(2)21-6-9-26(25,3)22(15-28)20(21)13-16-4-5-23-18(12-16)14-19(24(29)30-23)17-7-10-27-11-8-17/h4-5,7-8,10-14,21H,6,9H2,1-3H3. The number of nitrogens with zero attached hydrogens (tertiary/aromatic N) is 1. The summed E-state index contributed by atoms with van der Waals surface area (Å²) < 4.78 is 5.55. The first-order chi connectivity index (χ1) is 14.3. The Labute approximate surface area is 175 Å². The van der Waals surface area contributed by atoms with Gasteiger partial charge in [0.25, 0.3) is 0 Å². The Kier molecular flexibility index (Phi) is 4.00. The molecule has 1 aromatic carbocycles. The van der Waals surface area contributed by atoms with Gasteiger partial charge in [-0.1, -0.05) is 32.9 Å². The molecule has 2 heterocycles. The summed E-state index contributed by atoms with van der Waals surface area (Å²) in [4.78, 5) is 28.3. The molecule has 2 fully saturated rings. The van der Waals surface area contributed by atoms with Gasteiger partial charge in [-0.2, -0.15) is 0 Å². The van der Waals surface area contributed by atoms with E-state index in [1.807, 2.05) is 24.3 Å². The molecule has 30 heavy (non-hydrogen) atoms. The smallest absolute Gasteiger partial charge is 0.344 e. The summed E-state index contributed by atoms with van der Waals surface area (Å²) >= 11 is 0. The average molecular weight is 397 g/mol. The Morgan fingerprint density at radius 3 is 2.63 bits per heavy atom. The Hall–Kier alpha value is -3.23. The van der Waals surface area contributed by atoms with Gasteiger partial charge in [-0.15, -0.1) is 0 Å². The highest BCUT2D eigenvalue weighted by atomic mass is 16.4. The van der Waals surface area contributed by atoms with Crippen molar-refractivity contribution in [2.24, 2.45) is 16.7 Å². The van der Waals surface area contributed by atoms with Crippen LogP contribution in [-0.2, 0) is 4.79 Å². The van der Waals surface area contributed by atoms with Gasteiger partial charge in [0.15, 0.2) is 0 Å². The summed E-state index contributed by atoms with van der Waals surface area (Å²) in [6.45, 7) is 6.72. The van der Waals surface area contributed by atoms with E-state index in [-0.39, 0.29) is 16.5 Å². The van der Waals surface area contributed by atoms with Crippen LogP contribution in [0.4, 0.5) is 0 Å². The number of hydrogen-bond acceptors (Lipinski definition) is 4.